The fourth-order valence-electron chi connectivity index (χ4n) is 3.67. The average Bonchev–Trinajstić information content (AvgIpc) is 3.40. The Kier molecular flexibility index (Phi) is 5.68. The minimum Gasteiger partial charge on any atom is -0.382 e. The van der Waals surface area contributed by atoms with Gasteiger partial charge in [0.2, 0.25) is 0 Å². The Hall–Kier alpha value is -2.71. The van der Waals surface area contributed by atoms with E-state index in [2.05, 4.69) is 20.3 Å². The zero-order valence-corrected chi connectivity index (χ0v) is 15.9. The van der Waals surface area contributed by atoms with Gasteiger partial charge in [0.1, 0.15) is 12.1 Å². The fourth-order valence-corrected chi connectivity index (χ4v) is 3.67. The summed E-state index contributed by atoms with van der Waals surface area (Å²) in [5.41, 5.74) is 2.10. The van der Waals surface area contributed by atoms with Crippen LogP contribution in [0.1, 0.15) is 36.0 Å². The summed E-state index contributed by atoms with van der Waals surface area (Å²) in [4.78, 5) is 24.8. The highest BCUT2D eigenvalue weighted by atomic mass is 16.5. The number of carbonyl (C=O) groups is 1. The summed E-state index contributed by atoms with van der Waals surface area (Å²) in [6.45, 7) is 1.24. The van der Waals surface area contributed by atoms with Crippen LogP contribution in [0.3, 0.4) is 0 Å². The number of aromatic nitrogens is 4. The molecule has 1 fully saturated rings. The maximum absolute atomic E-state index is 13.0. The molecule has 0 saturated heterocycles. The second-order valence-corrected chi connectivity index (χ2v) is 7.05. The van der Waals surface area contributed by atoms with Crippen LogP contribution >= 0.6 is 0 Å². The number of H-pyrrole nitrogens is 1. The van der Waals surface area contributed by atoms with Crippen molar-refractivity contribution >= 4 is 16.9 Å². The van der Waals surface area contributed by atoms with E-state index in [1.54, 1.807) is 36.5 Å². The lowest BCUT2D eigenvalue weighted by Gasteiger charge is -2.29. The molecule has 148 valence electrons. The van der Waals surface area contributed by atoms with Crippen LogP contribution in [0.15, 0.2) is 37.1 Å². The monoisotopic (exact) mass is 383 g/mol. The number of aromatic amines is 1. The van der Waals surface area contributed by atoms with E-state index in [9.17, 15) is 4.79 Å². The van der Waals surface area contributed by atoms with Gasteiger partial charge in [-0.1, -0.05) is 0 Å². The third kappa shape index (κ3) is 4.07. The number of rotatable bonds is 7. The van der Waals surface area contributed by atoms with E-state index < -0.39 is 0 Å². The first-order valence-corrected chi connectivity index (χ1v) is 9.62. The van der Waals surface area contributed by atoms with Gasteiger partial charge < -0.3 is 19.8 Å². The Morgan fingerprint density at radius 3 is 2.93 bits per heavy atom. The molecule has 3 heterocycles. The van der Waals surface area contributed by atoms with E-state index >= 15 is 0 Å². The third-order valence-electron chi connectivity index (χ3n) is 5.17. The van der Waals surface area contributed by atoms with Crippen LogP contribution in [-0.4, -0.2) is 57.9 Å². The molecular formula is C20H25N5O3. The molecule has 0 atom stereocenters. The van der Waals surface area contributed by atoms with E-state index in [0.717, 1.165) is 36.7 Å². The minimum atomic E-state index is -0.0834. The standard InChI is InChI=1S/C20H25N5O3/c1-27-10-11-28-15-4-2-14(3-5-15)23-20(26)16-12-18(25-9-8-21-13-25)24-17-6-7-22-19(16)17/h6-9,12-15,22H,2-5,10-11H2,1H3,(H,23,26)/t14-,15-. The van der Waals surface area contributed by atoms with Crippen LogP contribution in [0.4, 0.5) is 0 Å². The lowest BCUT2D eigenvalue weighted by atomic mass is 9.92. The van der Waals surface area contributed by atoms with Gasteiger partial charge in [-0.2, -0.15) is 0 Å². The summed E-state index contributed by atoms with van der Waals surface area (Å²) < 4.78 is 12.6. The van der Waals surface area contributed by atoms with Crippen molar-refractivity contribution in [2.24, 2.45) is 0 Å². The lowest BCUT2D eigenvalue weighted by molar-refractivity contribution is -0.00408. The number of hydrogen-bond acceptors (Lipinski definition) is 5. The first-order valence-electron chi connectivity index (χ1n) is 9.62. The highest BCUT2D eigenvalue weighted by molar-refractivity contribution is 6.05. The smallest absolute Gasteiger partial charge is 0.253 e. The van der Waals surface area contributed by atoms with Gasteiger partial charge in [0.15, 0.2) is 0 Å². The summed E-state index contributed by atoms with van der Waals surface area (Å²) >= 11 is 0. The molecule has 0 unspecified atom stereocenters. The number of methoxy groups -OCH3 is 1. The molecule has 2 N–H and O–H groups in total. The molecule has 0 radical (unpaired) electrons. The van der Waals surface area contributed by atoms with Crippen molar-refractivity contribution in [3.63, 3.8) is 0 Å². The third-order valence-corrected chi connectivity index (χ3v) is 5.17. The van der Waals surface area contributed by atoms with Crippen molar-refractivity contribution in [3.05, 3.63) is 42.6 Å². The maximum Gasteiger partial charge on any atom is 0.253 e. The summed E-state index contributed by atoms with van der Waals surface area (Å²) in [6.07, 6.45) is 11.0. The Labute approximate surface area is 163 Å². The van der Waals surface area contributed by atoms with E-state index in [0.29, 0.717) is 24.6 Å². The number of hydrogen-bond donors (Lipinski definition) is 2. The normalized spacial score (nSPS) is 19.8. The zero-order chi connectivity index (χ0) is 19.3. The maximum atomic E-state index is 13.0. The van der Waals surface area contributed by atoms with Gasteiger partial charge in [-0.3, -0.25) is 9.36 Å². The van der Waals surface area contributed by atoms with Crippen LogP contribution in [0.2, 0.25) is 0 Å². The molecule has 0 spiro atoms. The highest BCUT2D eigenvalue weighted by Gasteiger charge is 2.24. The van der Waals surface area contributed by atoms with E-state index in [1.165, 1.54) is 0 Å². The fraction of sp³-hybridized carbons (Fsp3) is 0.450. The van der Waals surface area contributed by atoms with Crippen molar-refractivity contribution in [1.29, 1.82) is 0 Å². The summed E-state index contributed by atoms with van der Waals surface area (Å²) in [5, 5.41) is 3.19. The highest BCUT2D eigenvalue weighted by Crippen LogP contribution is 2.23. The molecule has 0 bridgehead atoms. The number of amides is 1. The van der Waals surface area contributed by atoms with Gasteiger partial charge >= 0.3 is 0 Å². The van der Waals surface area contributed by atoms with Crippen molar-refractivity contribution in [2.45, 2.75) is 37.8 Å². The Morgan fingerprint density at radius 1 is 1.32 bits per heavy atom. The van der Waals surface area contributed by atoms with Crippen LogP contribution in [0, 0.1) is 0 Å². The predicted octanol–water partition coefficient (Wildman–Crippen LogP) is 2.45. The van der Waals surface area contributed by atoms with Gasteiger partial charge in [0.05, 0.1) is 35.9 Å². The number of carbonyl (C=O) groups excluding carboxylic acids is 1. The predicted molar refractivity (Wildman–Crippen MR) is 105 cm³/mol. The largest absolute Gasteiger partial charge is 0.382 e. The molecule has 0 aliphatic heterocycles. The molecule has 28 heavy (non-hydrogen) atoms. The van der Waals surface area contributed by atoms with Crippen molar-refractivity contribution in [3.8, 4) is 5.82 Å². The molecular weight excluding hydrogens is 358 g/mol. The first-order chi connectivity index (χ1) is 13.7. The van der Waals surface area contributed by atoms with E-state index in [1.807, 2.05) is 12.3 Å². The van der Waals surface area contributed by atoms with Gasteiger partial charge in [-0.05, 0) is 37.8 Å². The number of imidazole rings is 1. The van der Waals surface area contributed by atoms with Crippen molar-refractivity contribution in [1.82, 2.24) is 24.8 Å². The average molecular weight is 383 g/mol. The van der Waals surface area contributed by atoms with Gasteiger partial charge in [0, 0.05) is 31.7 Å². The Morgan fingerprint density at radius 2 is 2.18 bits per heavy atom. The van der Waals surface area contributed by atoms with Gasteiger partial charge in [-0.25, -0.2) is 9.97 Å². The number of fused-ring (bicyclic) bond motifs is 1. The minimum absolute atomic E-state index is 0.0834. The molecule has 1 amide bonds. The number of ether oxygens (including phenoxy) is 2. The second kappa shape index (κ2) is 8.53. The number of nitrogens with zero attached hydrogens (tertiary/aromatic N) is 3. The molecule has 8 heteroatoms. The summed E-state index contributed by atoms with van der Waals surface area (Å²) in [7, 11) is 1.67. The molecule has 3 aromatic heterocycles. The van der Waals surface area contributed by atoms with Gasteiger partial charge in [0.25, 0.3) is 5.91 Å². The van der Waals surface area contributed by atoms with Crippen molar-refractivity contribution in [2.75, 3.05) is 20.3 Å². The molecule has 3 aromatic rings. The lowest BCUT2D eigenvalue weighted by Crippen LogP contribution is -2.39. The summed E-state index contributed by atoms with van der Waals surface area (Å²) in [6, 6.07) is 3.83. The Balaban J connectivity index is 1.44. The van der Waals surface area contributed by atoms with E-state index in [-0.39, 0.29) is 18.1 Å². The number of pyridine rings is 1. The summed E-state index contributed by atoms with van der Waals surface area (Å²) in [5.74, 6) is 0.588. The zero-order valence-electron chi connectivity index (χ0n) is 15.9. The van der Waals surface area contributed by atoms with Crippen LogP contribution in [-0.2, 0) is 9.47 Å². The SMILES string of the molecule is COCCO[C@H]1CC[C@H](NC(=O)c2cc(-n3ccnc3)nc3cc[nH]c23)CC1. The van der Waals surface area contributed by atoms with E-state index in [4.69, 9.17) is 9.47 Å². The molecule has 8 nitrogen and oxygen atoms in total. The van der Waals surface area contributed by atoms with Crippen LogP contribution in [0.25, 0.3) is 16.9 Å². The van der Waals surface area contributed by atoms with Crippen LogP contribution in [0.5, 0.6) is 0 Å². The molecule has 1 aliphatic carbocycles. The quantitative estimate of drug-likeness (QED) is 0.611. The number of nitrogens with one attached hydrogen (secondary N) is 2. The van der Waals surface area contributed by atoms with Gasteiger partial charge in [-0.15, -0.1) is 0 Å². The topological polar surface area (TPSA) is 94.1 Å². The Bertz CT molecular complexity index is 913. The van der Waals surface area contributed by atoms with Crippen molar-refractivity contribution < 1.29 is 14.3 Å². The second-order valence-electron chi connectivity index (χ2n) is 7.05. The molecule has 4 rings (SSSR count). The molecule has 1 saturated carbocycles. The molecule has 1 aliphatic rings. The van der Waals surface area contributed by atoms with Crippen LogP contribution < -0.4 is 5.32 Å². The first kappa shape index (κ1) is 18.6. The molecule has 0 aromatic carbocycles.